The molecular formula is C37H54BrN3O7Si. The van der Waals surface area contributed by atoms with Crippen LogP contribution in [0.2, 0.25) is 18.1 Å². The van der Waals surface area contributed by atoms with E-state index in [1.165, 1.54) is 0 Å². The van der Waals surface area contributed by atoms with Gasteiger partial charge in [0.15, 0.2) is 19.7 Å². The maximum Gasteiger partial charge on any atom is 0.265 e. The van der Waals surface area contributed by atoms with Crippen LogP contribution in [0.1, 0.15) is 100 Å². The molecule has 0 saturated heterocycles. The summed E-state index contributed by atoms with van der Waals surface area (Å²) in [5, 5.41) is 16.3. The molecule has 1 aromatic heterocycles. The molecule has 0 aliphatic heterocycles. The van der Waals surface area contributed by atoms with Crippen LogP contribution in [0.15, 0.2) is 20.6 Å². The molecule has 10 nitrogen and oxygen atoms in total. The van der Waals surface area contributed by atoms with Gasteiger partial charge in [-0.25, -0.2) is 0 Å². The number of ether oxygens (including phenoxy) is 2. The zero-order chi connectivity index (χ0) is 36.2. The number of carbonyl (C=O) groups is 2. The molecule has 0 bridgehead atoms. The first kappa shape index (κ1) is 37.6. The quantitative estimate of drug-likeness (QED) is 0.129. The minimum atomic E-state index is -2.82. The lowest BCUT2D eigenvalue weighted by molar-refractivity contribution is -0.140. The summed E-state index contributed by atoms with van der Waals surface area (Å²) in [6.07, 6.45) is 4.36. The Morgan fingerprint density at radius 1 is 1.04 bits per heavy atom. The number of unbranched alkanes of at least 4 members (excludes halogenated alkanes) is 2. The monoisotopic (exact) mass is 759 g/mol. The number of benzene rings is 1. The predicted molar refractivity (Wildman–Crippen MR) is 197 cm³/mol. The number of anilines is 1. The van der Waals surface area contributed by atoms with Crippen LogP contribution in [0.25, 0.3) is 5.76 Å². The molecule has 0 radical (unpaired) electrons. The minimum absolute atomic E-state index is 0.0890. The van der Waals surface area contributed by atoms with E-state index in [1.807, 2.05) is 44.1 Å². The molecule has 1 N–H and O–H groups in total. The molecule has 1 aromatic carbocycles. The second-order valence-corrected chi connectivity index (χ2v) is 21.3. The largest absolute Gasteiger partial charge is 0.507 e. The molecule has 1 saturated carbocycles. The van der Waals surface area contributed by atoms with Crippen LogP contribution in [-0.2, 0) is 15.6 Å². The molecule has 1 fully saturated rings. The molecular weight excluding hydrogens is 706 g/mol. The molecule has 4 atom stereocenters. The summed E-state index contributed by atoms with van der Waals surface area (Å²) in [5.41, 5.74) is 0.799. The SMILES string of the molecule is CCCCOc1cc(Br)c(N(C)C)c2c1C(O)=C1C(=O)[C@]3(O[Si](C)(C)C(C)(C)C)C(=O)c4c(OCCCC)noc4[C@@H](N(C)C)[C@@H]3C[C@@H]1C2. The second kappa shape index (κ2) is 13.8. The first-order chi connectivity index (χ1) is 22.9. The molecule has 270 valence electrons. The van der Waals surface area contributed by atoms with Crippen LogP contribution >= 0.6 is 15.9 Å². The van der Waals surface area contributed by atoms with E-state index in [4.69, 9.17) is 18.4 Å². The molecule has 12 heteroatoms. The van der Waals surface area contributed by atoms with Crippen molar-refractivity contribution in [3.05, 3.63) is 38.6 Å². The van der Waals surface area contributed by atoms with Crippen molar-refractivity contribution in [2.24, 2.45) is 11.8 Å². The lowest BCUT2D eigenvalue weighted by Gasteiger charge is -2.55. The van der Waals surface area contributed by atoms with Gasteiger partial charge in [0, 0.05) is 30.1 Å². The fourth-order valence-corrected chi connectivity index (χ4v) is 9.73. The first-order valence-electron chi connectivity index (χ1n) is 17.6. The van der Waals surface area contributed by atoms with Crippen LogP contribution in [0.4, 0.5) is 5.69 Å². The molecule has 0 spiro atoms. The average molecular weight is 761 g/mol. The number of hydrogen-bond donors (Lipinski definition) is 1. The van der Waals surface area contributed by atoms with Gasteiger partial charge in [-0.3, -0.25) is 14.5 Å². The summed E-state index contributed by atoms with van der Waals surface area (Å²) in [6, 6.07) is 1.36. The Hall–Kier alpha value is -2.67. The van der Waals surface area contributed by atoms with Crippen LogP contribution in [-0.4, -0.2) is 82.1 Å². The molecule has 3 aliphatic rings. The van der Waals surface area contributed by atoms with Crippen molar-refractivity contribution in [2.75, 3.05) is 46.3 Å². The Kier molecular flexibility index (Phi) is 10.6. The molecule has 49 heavy (non-hydrogen) atoms. The van der Waals surface area contributed by atoms with Crippen molar-refractivity contribution in [1.29, 1.82) is 0 Å². The standard InChI is InChI=1S/C37H54BrN3O7Si/c1-12-14-16-45-25-20-24(38)29(40(6)7)22-18-21-19-23-30(41(8)9)32-28(35(39-47-32)46-17-15-13-2)34(44)37(23,48-49(10,11)36(3,4)5)33(43)26(21)31(42)27(22)25/h20-21,23,30,42H,12-19H2,1-11H3/t21-,23-,30-,37-/m0/s1. The van der Waals surface area contributed by atoms with Gasteiger partial charge < -0.3 is 28.4 Å². The van der Waals surface area contributed by atoms with Crippen molar-refractivity contribution in [3.63, 3.8) is 0 Å². The van der Waals surface area contributed by atoms with Gasteiger partial charge >= 0.3 is 0 Å². The minimum Gasteiger partial charge on any atom is -0.507 e. The normalized spacial score (nSPS) is 23.7. The molecule has 0 amide bonds. The van der Waals surface area contributed by atoms with E-state index in [9.17, 15) is 5.11 Å². The van der Waals surface area contributed by atoms with E-state index < -0.39 is 37.4 Å². The number of hydrogen-bond acceptors (Lipinski definition) is 10. The van der Waals surface area contributed by atoms with E-state index in [2.05, 4.69) is 68.8 Å². The summed E-state index contributed by atoms with van der Waals surface area (Å²) < 4.78 is 26.3. The number of nitrogens with zero attached hydrogens (tertiary/aromatic N) is 3. The predicted octanol–water partition coefficient (Wildman–Crippen LogP) is 8.15. The molecule has 1 heterocycles. The highest BCUT2D eigenvalue weighted by molar-refractivity contribution is 9.10. The third-order valence-electron chi connectivity index (χ3n) is 10.9. The molecule has 3 aliphatic carbocycles. The Labute approximate surface area is 300 Å². The maximum atomic E-state index is 15.6. The highest BCUT2D eigenvalue weighted by atomic mass is 79.9. The molecule has 5 rings (SSSR count). The van der Waals surface area contributed by atoms with Gasteiger partial charge in [0.05, 0.1) is 30.5 Å². The number of aliphatic hydroxyl groups excluding tert-OH is 1. The number of Topliss-reactive ketones (excluding diaryl/α,β-unsaturated/α-hetero) is 2. The number of fused-ring (bicyclic) bond motifs is 4. The number of carbonyl (C=O) groups excluding carboxylic acids is 2. The summed E-state index contributed by atoms with van der Waals surface area (Å²) in [4.78, 5) is 34.8. The Morgan fingerprint density at radius 2 is 1.67 bits per heavy atom. The van der Waals surface area contributed by atoms with Crippen molar-refractivity contribution >= 4 is 47.3 Å². The lowest BCUT2D eigenvalue weighted by Crippen LogP contribution is -2.68. The first-order valence-corrected chi connectivity index (χ1v) is 21.3. The third-order valence-corrected chi connectivity index (χ3v) is 16.0. The van der Waals surface area contributed by atoms with Crippen LogP contribution in [0.3, 0.4) is 0 Å². The van der Waals surface area contributed by atoms with E-state index in [0.717, 1.165) is 41.4 Å². The van der Waals surface area contributed by atoms with Gasteiger partial charge in [0.1, 0.15) is 17.1 Å². The Balaban J connectivity index is 1.80. The Morgan fingerprint density at radius 3 is 2.24 bits per heavy atom. The number of aromatic nitrogens is 1. The highest BCUT2D eigenvalue weighted by Gasteiger charge is 2.69. The number of ketones is 2. The summed E-state index contributed by atoms with van der Waals surface area (Å²) in [5.74, 6) is -1.12. The van der Waals surface area contributed by atoms with E-state index >= 15 is 9.59 Å². The molecule has 2 aromatic rings. The van der Waals surface area contributed by atoms with Crippen molar-refractivity contribution in [2.45, 2.75) is 103 Å². The summed E-state index contributed by atoms with van der Waals surface area (Å²) in [6.45, 7) is 15.4. The molecule has 0 unspecified atom stereocenters. The van der Waals surface area contributed by atoms with Gasteiger partial charge in [0.2, 0.25) is 11.6 Å². The fraction of sp³-hybridized carbons (Fsp3) is 0.649. The zero-order valence-electron chi connectivity index (χ0n) is 31.1. The third kappa shape index (κ3) is 6.18. The van der Waals surface area contributed by atoms with Crippen LogP contribution < -0.4 is 14.4 Å². The number of rotatable bonds is 12. The van der Waals surface area contributed by atoms with Crippen molar-refractivity contribution < 1.29 is 33.1 Å². The van der Waals surface area contributed by atoms with Gasteiger partial charge in [-0.1, -0.05) is 47.5 Å². The maximum absolute atomic E-state index is 15.6. The number of halogens is 1. The van der Waals surface area contributed by atoms with Crippen LogP contribution in [0.5, 0.6) is 11.6 Å². The fourth-order valence-electron chi connectivity index (χ4n) is 7.48. The highest BCUT2D eigenvalue weighted by Crippen LogP contribution is 2.59. The zero-order valence-corrected chi connectivity index (χ0v) is 33.7. The summed E-state index contributed by atoms with van der Waals surface area (Å²) in [7, 11) is 4.96. The van der Waals surface area contributed by atoms with Gasteiger partial charge in [-0.15, -0.1) is 0 Å². The van der Waals surface area contributed by atoms with E-state index in [0.29, 0.717) is 43.1 Å². The summed E-state index contributed by atoms with van der Waals surface area (Å²) >= 11 is 3.77. The van der Waals surface area contributed by atoms with Crippen LogP contribution in [0, 0.1) is 11.8 Å². The number of aliphatic hydroxyl groups is 1. The van der Waals surface area contributed by atoms with E-state index in [-0.39, 0.29) is 33.7 Å². The average Bonchev–Trinajstić information content (AvgIpc) is 3.41. The topological polar surface area (TPSA) is 115 Å². The smallest absolute Gasteiger partial charge is 0.265 e. The second-order valence-electron chi connectivity index (χ2n) is 15.8. The Bertz CT molecular complexity index is 1640. The van der Waals surface area contributed by atoms with Gasteiger partial charge in [-0.05, 0) is 96.5 Å². The van der Waals surface area contributed by atoms with Gasteiger partial charge in [-0.2, -0.15) is 0 Å². The van der Waals surface area contributed by atoms with Crippen molar-refractivity contribution in [3.8, 4) is 11.6 Å². The van der Waals surface area contributed by atoms with Crippen molar-refractivity contribution in [1.82, 2.24) is 10.1 Å². The lowest BCUT2D eigenvalue weighted by atomic mass is 9.57. The van der Waals surface area contributed by atoms with E-state index in [1.54, 1.807) is 0 Å². The van der Waals surface area contributed by atoms with Gasteiger partial charge in [0.25, 0.3) is 5.88 Å².